The number of alkyl carbamates (subject to hydrolysis) is 1. The Morgan fingerprint density at radius 2 is 0.886 bits per heavy atom. The Morgan fingerprint density at radius 1 is 0.500 bits per heavy atom. The molecule has 0 radical (unpaired) electrons. The molecule has 0 bridgehead atoms. The van der Waals surface area contributed by atoms with Crippen LogP contribution in [0.25, 0.3) is 0 Å². The summed E-state index contributed by atoms with van der Waals surface area (Å²) < 4.78 is 78.4. The highest BCUT2D eigenvalue weighted by Gasteiger charge is 2.55. The average Bonchev–Trinajstić information content (AvgIpc) is 0.770. The summed E-state index contributed by atoms with van der Waals surface area (Å²) in [4.78, 5) is 99.1. The zero-order chi connectivity index (χ0) is 83.7. The van der Waals surface area contributed by atoms with Crippen molar-refractivity contribution < 1.29 is 89.6 Å². The van der Waals surface area contributed by atoms with Gasteiger partial charge in [-0.25, -0.2) is 14.2 Å². The molecule has 4 N–H and O–H groups in total. The van der Waals surface area contributed by atoms with E-state index < -0.39 is 138 Å². The first-order valence-electron chi connectivity index (χ1n) is 42.8. The number of esters is 3. The number of hydrogen-bond acceptors (Lipinski definition) is 19. The van der Waals surface area contributed by atoms with Gasteiger partial charge in [0.05, 0.1) is 19.4 Å². The predicted molar refractivity (Wildman–Crippen MR) is 452 cm³/mol. The van der Waals surface area contributed by atoms with Crippen molar-refractivity contribution in [2.45, 2.75) is 399 Å². The zero-order valence-electron chi connectivity index (χ0n) is 69.1. The lowest BCUT2D eigenvalue weighted by atomic mass is 9.96. The fourth-order valence-electron chi connectivity index (χ4n) is 13.2. The van der Waals surface area contributed by atoms with Crippen molar-refractivity contribution in [2.24, 2.45) is 5.73 Å². The van der Waals surface area contributed by atoms with E-state index in [4.69, 9.17) is 127 Å². The number of alkyl halides is 6. The van der Waals surface area contributed by atoms with Crippen LogP contribution >= 0.6 is 77.4 Å². The number of para-hydroxylation sites is 2. The molecule has 1 fully saturated rings. The molecule has 22 nitrogen and oxygen atoms in total. The molecule has 0 unspecified atom stereocenters. The van der Waals surface area contributed by atoms with Gasteiger partial charge in [0.15, 0.2) is 18.0 Å². The van der Waals surface area contributed by atoms with Crippen molar-refractivity contribution in [1.29, 1.82) is 0 Å². The van der Waals surface area contributed by atoms with Gasteiger partial charge in [0, 0.05) is 12.8 Å². The van der Waals surface area contributed by atoms with E-state index in [0.717, 1.165) is 148 Å². The smallest absolute Gasteiger partial charge is 0.462 e. The number of benzene rings is 2. The third-order valence-electron chi connectivity index (χ3n) is 19.9. The van der Waals surface area contributed by atoms with Gasteiger partial charge in [-0.1, -0.05) is 365 Å². The first kappa shape index (κ1) is 104. The maximum Gasteiger partial charge on any atom is 0.588 e. The van der Waals surface area contributed by atoms with E-state index in [1.54, 1.807) is 36.4 Å². The van der Waals surface area contributed by atoms with Crippen molar-refractivity contribution in [1.82, 2.24) is 10.6 Å². The molecule has 1 saturated heterocycles. The van der Waals surface area contributed by atoms with Crippen molar-refractivity contribution in [3.8, 4) is 11.5 Å². The van der Waals surface area contributed by atoms with Gasteiger partial charge < -0.3 is 63.3 Å². The number of rotatable bonds is 67. The first-order valence-corrected chi connectivity index (χ1v) is 46.5. The molecule has 0 aromatic heterocycles. The molecule has 8 atom stereocenters. The number of nitrogens with one attached hydrogen (secondary N) is 2. The Bertz CT molecular complexity index is 2910. The monoisotopic (exact) mass is 1750 g/mol. The van der Waals surface area contributed by atoms with E-state index >= 15 is 9.36 Å². The average molecular weight is 1750 g/mol. The van der Waals surface area contributed by atoms with E-state index in [1.165, 1.54) is 122 Å². The van der Waals surface area contributed by atoms with Crippen LogP contribution in [-0.2, 0) is 71.0 Å². The van der Waals surface area contributed by atoms with E-state index in [0.29, 0.717) is 32.1 Å². The second kappa shape index (κ2) is 62.0. The van der Waals surface area contributed by atoms with Gasteiger partial charge in [-0.2, -0.15) is 0 Å². The molecule has 1 heterocycles. The van der Waals surface area contributed by atoms with Crippen molar-refractivity contribution in [3.63, 3.8) is 0 Å². The number of unbranched alkanes of at least 4 members (excludes halogenated alkanes) is 36. The van der Waals surface area contributed by atoms with Gasteiger partial charge in [-0.3, -0.25) is 28.5 Å². The summed E-state index contributed by atoms with van der Waals surface area (Å²) in [6.45, 7) is 8.60. The fourth-order valence-corrected chi connectivity index (χ4v) is 14.9. The summed E-state index contributed by atoms with van der Waals surface area (Å²) in [5.74, 6) is -4.03. The lowest BCUT2D eigenvalue weighted by Crippen LogP contribution is -2.67. The number of primary amides is 1. The zero-order valence-corrected chi connectivity index (χ0v) is 74.5. The molecule has 0 spiro atoms. The number of carbonyl (C=O) groups excluding carboxylic acids is 7. The van der Waals surface area contributed by atoms with Crippen LogP contribution in [0.15, 0.2) is 60.7 Å². The molecule has 0 aliphatic carbocycles. The molecule has 2 aromatic carbocycles. The molecule has 2 aromatic rings. The van der Waals surface area contributed by atoms with Gasteiger partial charge in [-0.15, -0.1) is 0 Å². The Balaban J connectivity index is 2.20. The summed E-state index contributed by atoms with van der Waals surface area (Å²) in [5, 5.41) is 5.16. The van der Waals surface area contributed by atoms with E-state index in [1.807, 2.05) is 0 Å². The number of hydrogen-bond donors (Lipinski definition) is 3. The first-order chi connectivity index (χ1) is 54.6. The minimum atomic E-state index is -5.23. The second-order valence-electron chi connectivity index (χ2n) is 30.6. The molecule has 1 aliphatic rings. The molecule has 654 valence electrons. The molecule has 114 heavy (non-hydrogen) atoms. The minimum absolute atomic E-state index is 0.0556. The van der Waals surface area contributed by atoms with Crippen LogP contribution in [0.4, 0.5) is 9.59 Å². The van der Waals surface area contributed by atoms with Gasteiger partial charge in [0.2, 0.25) is 19.4 Å². The lowest BCUT2D eigenvalue weighted by molar-refractivity contribution is -0.271. The largest absolute Gasteiger partial charge is 0.588 e. The number of phosphoric ester groups is 1. The number of amides is 3. The van der Waals surface area contributed by atoms with Crippen molar-refractivity contribution in [3.05, 3.63) is 60.7 Å². The second-order valence-corrected chi connectivity index (χ2v) is 36.9. The van der Waals surface area contributed by atoms with E-state index in [-0.39, 0.29) is 37.2 Å². The van der Waals surface area contributed by atoms with Gasteiger partial charge in [0.1, 0.15) is 61.2 Å². The maximum atomic E-state index is 15.8. The normalized spacial score (nSPS) is 16.7. The van der Waals surface area contributed by atoms with Crippen molar-refractivity contribution >= 4 is 119 Å². The lowest BCUT2D eigenvalue weighted by Gasteiger charge is -2.45. The van der Waals surface area contributed by atoms with Crippen molar-refractivity contribution in [2.75, 3.05) is 19.8 Å². The van der Waals surface area contributed by atoms with Gasteiger partial charge in [0.25, 0.3) is 0 Å². The predicted octanol–water partition coefficient (Wildman–Crippen LogP) is 23.9. The topological polar surface area (TPSA) is 288 Å². The summed E-state index contributed by atoms with van der Waals surface area (Å²) in [6, 6.07) is 11.8. The summed E-state index contributed by atoms with van der Waals surface area (Å²) >= 11 is 37.1. The Hall–Kier alpha value is -4.22. The molecule has 3 amide bonds. The Morgan fingerprint density at radius 3 is 1.27 bits per heavy atom. The Kier molecular flexibility index (Phi) is 56.5. The van der Waals surface area contributed by atoms with Gasteiger partial charge >= 0.3 is 38.0 Å². The standard InChI is InChI=1S/C85H138Cl6N3O19P/c1-7-11-15-19-23-27-29-33-37-41-51-59-73(96)106-68(57-45-39-35-31-25-21-17-13-9-3)61-72(95)93-70(79(92)99)63-103-80-76(94-81(100)105-65-84(86,87)88)78(109-75(98)62-69(58-46-40-36-32-26-22-18-14-10-4)107-74(97)60-52-42-38-34-30-28-24-20-16-12-8-2)77(71(108-80)64-104-82(101)110-83(5,6)85(89,90)91)113-114(102,111-66-53-47-43-48-54-66)112-67-55-49-44-50-56-67/h43-44,47-50,53-56,68-71,76-78,80H,7-42,45-46,51-52,57-65H2,1-6H3,(H2,92,99)(H,93,95)(H,94,100)/t68-,69-,70+,71-,76-,77-,78-,80-/m1/s1. The van der Waals surface area contributed by atoms with Crippen LogP contribution in [0.1, 0.15) is 337 Å². The molecule has 3 rings (SSSR count). The number of carbonyl (C=O) groups is 7. The van der Waals surface area contributed by atoms with Crippen LogP contribution in [0, 0.1) is 0 Å². The molecule has 0 saturated carbocycles. The van der Waals surface area contributed by atoms with Gasteiger partial charge in [-0.05, 0) is 76.6 Å². The minimum Gasteiger partial charge on any atom is -0.462 e. The highest BCUT2D eigenvalue weighted by atomic mass is 35.6. The molecule has 29 heteroatoms. The summed E-state index contributed by atoms with van der Waals surface area (Å²) in [6.07, 6.45) is 28.8. The quantitative estimate of drug-likeness (QED) is 0.0182. The van der Waals surface area contributed by atoms with Crippen LogP contribution in [0.2, 0.25) is 0 Å². The third-order valence-corrected chi connectivity index (χ3v) is 22.9. The maximum absolute atomic E-state index is 15.8. The van der Waals surface area contributed by atoms with Crippen LogP contribution in [0.5, 0.6) is 11.5 Å². The fraction of sp³-hybridized carbons (Fsp3) is 0.776. The summed E-state index contributed by atoms with van der Waals surface area (Å²) in [7, 11) is -5.23. The van der Waals surface area contributed by atoms with Crippen LogP contribution < -0.4 is 25.4 Å². The van der Waals surface area contributed by atoms with E-state index in [9.17, 15) is 28.8 Å². The number of ether oxygens (including phenoxy) is 8. The molecule has 1 aliphatic heterocycles. The highest BCUT2D eigenvalue weighted by molar-refractivity contribution is 7.49. The van der Waals surface area contributed by atoms with Crippen LogP contribution in [0.3, 0.4) is 0 Å². The Labute approximate surface area is 711 Å². The molecular formula is C85H138Cl6N3O19P. The number of nitrogens with two attached hydrogens (primary N) is 1. The number of halogens is 6. The number of phosphoric acid groups is 1. The third kappa shape index (κ3) is 50.0. The molecular weight excluding hydrogens is 1610 g/mol. The summed E-state index contributed by atoms with van der Waals surface area (Å²) in [5.41, 5.74) is 4.21. The van der Waals surface area contributed by atoms with E-state index in [2.05, 4.69) is 38.3 Å². The van der Waals surface area contributed by atoms with Crippen LogP contribution in [-0.4, -0.2) is 124 Å². The SMILES string of the molecule is CCCCCCCCCCCCCC(=O)O[C@H](CCCCCCCCCCC)CC(=O)N[C@@H](CO[C@@H]1O[C@H](COC(=O)OC(C)(C)C(Cl)(Cl)Cl)[C@@H](OP(=O)(Oc2ccccc2)Oc2ccccc2)[C@H](OC(=O)C[C@@H](CCCCCCCCCCC)OC(=O)CCCCCCCCCCCCC)[C@H]1NC(=O)OCC(Cl)(Cl)Cl)C(N)=O. The highest BCUT2D eigenvalue weighted by Crippen LogP contribution is 2.53.